The third-order valence-corrected chi connectivity index (χ3v) is 3.37. The van der Waals surface area contributed by atoms with Crippen molar-refractivity contribution in [2.24, 2.45) is 0 Å². The van der Waals surface area contributed by atoms with Crippen LogP contribution < -0.4 is 5.32 Å². The van der Waals surface area contributed by atoms with Crippen molar-refractivity contribution in [2.45, 2.75) is 12.5 Å². The number of pyridine rings is 2. The zero-order valence-corrected chi connectivity index (χ0v) is 10.8. The lowest BCUT2D eigenvalue weighted by Crippen LogP contribution is -2.18. The van der Waals surface area contributed by atoms with Crippen molar-refractivity contribution in [1.82, 2.24) is 19.9 Å². The molecular formula is C15H16N4. The van der Waals surface area contributed by atoms with E-state index in [9.17, 15) is 0 Å². The standard InChI is InChI=1S/C15H16N4/c1-16-14(10-12-5-7-17-8-6-12)13-11-18-19-9-3-2-4-15(13)19/h2-9,11,14,16H,10H2,1H3. The first kappa shape index (κ1) is 11.9. The first-order valence-electron chi connectivity index (χ1n) is 6.37. The summed E-state index contributed by atoms with van der Waals surface area (Å²) in [5.74, 6) is 0. The highest BCUT2D eigenvalue weighted by atomic mass is 15.2. The van der Waals surface area contributed by atoms with Gasteiger partial charge in [-0.15, -0.1) is 0 Å². The Morgan fingerprint density at radius 3 is 2.84 bits per heavy atom. The fourth-order valence-electron chi connectivity index (χ4n) is 2.34. The Bertz CT molecular complexity index is 660. The maximum atomic E-state index is 4.39. The minimum atomic E-state index is 0.252. The van der Waals surface area contributed by atoms with Crippen molar-refractivity contribution in [3.63, 3.8) is 0 Å². The summed E-state index contributed by atoms with van der Waals surface area (Å²) >= 11 is 0. The largest absolute Gasteiger partial charge is 0.313 e. The summed E-state index contributed by atoms with van der Waals surface area (Å²) in [6.07, 6.45) is 8.50. The minimum absolute atomic E-state index is 0.252. The fourth-order valence-corrected chi connectivity index (χ4v) is 2.34. The molecule has 0 bridgehead atoms. The lowest BCUT2D eigenvalue weighted by Gasteiger charge is -2.15. The third-order valence-electron chi connectivity index (χ3n) is 3.37. The Kier molecular flexibility index (Phi) is 3.25. The number of rotatable bonds is 4. The molecule has 3 heterocycles. The predicted octanol–water partition coefficient (Wildman–Crippen LogP) is 2.23. The van der Waals surface area contributed by atoms with Gasteiger partial charge in [-0.05, 0) is 43.3 Å². The molecule has 0 aromatic carbocycles. The summed E-state index contributed by atoms with van der Waals surface area (Å²) in [7, 11) is 1.98. The monoisotopic (exact) mass is 252 g/mol. The molecular weight excluding hydrogens is 236 g/mol. The molecule has 1 unspecified atom stereocenters. The van der Waals surface area contributed by atoms with Crippen LogP contribution in [-0.4, -0.2) is 21.6 Å². The van der Waals surface area contributed by atoms with Crippen LogP contribution in [0.2, 0.25) is 0 Å². The van der Waals surface area contributed by atoms with Crippen LogP contribution in [0.5, 0.6) is 0 Å². The summed E-state index contributed by atoms with van der Waals surface area (Å²) in [6.45, 7) is 0. The van der Waals surface area contributed by atoms with E-state index in [2.05, 4.69) is 33.6 Å². The summed E-state index contributed by atoms with van der Waals surface area (Å²) in [4.78, 5) is 4.05. The molecule has 4 heteroatoms. The molecule has 0 aliphatic carbocycles. The van der Waals surface area contributed by atoms with Crippen molar-refractivity contribution < 1.29 is 0 Å². The Balaban J connectivity index is 1.94. The van der Waals surface area contributed by atoms with E-state index in [1.165, 1.54) is 11.1 Å². The number of nitrogens with zero attached hydrogens (tertiary/aromatic N) is 3. The third kappa shape index (κ3) is 2.35. The second kappa shape index (κ2) is 5.20. The first-order chi connectivity index (χ1) is 9.38. The number of likely N-dealkylation sites (N-methyl/N-ethyl adjacent to an activating group) is 1. The molecule has 0 spiro atoms. The molecule has 96 valence electrons. The van der Waals surface area contributed by atoms with Gasteiger partial charge in [0.25, 0.3) is 0 Å². The van der Waals surface area contributed by atoms with Crippen LogP contribution in [0.15, 0.2) is 55.1 Å². The van der Waals surface area contributed by atoms with Gasteiger partial charge >= 0.3 is 0 Å². The van der Waals surface area contributed by atoms with E-state index in [0.29, 0.717) is 0 Å². The molecule has 0 fully saturated rings. The van der Waals surface area contributed by atoms with Gasteiger partial charge in [0.1, 0.15) is 0 Å². The Labute approximate surface area is 112 Å². The fraction of sp³-hybridized carbons (Fsp3) is 0.200. The van der Waals surface area contributed by atoms with Crippen molar-refractivity contribution in [3.05, 3.63) is 66.2 Å². The van der Waals surface area contributed by atoms with Crippen LogP contribution >= 0.6 is 0 Å². The summed E-state index contributed by atoms with van der Waals surface area (Å²) in [6, 6.07) is 10.5. The van der Waals surface area contributed by atoms with Crippen LogP contribution in [0, 0.1) is 0 Å². The van der Waals surface area contributed by atoms with Gasteiger partial charge in [0.2, 0.25) is 0 Å². The molecule has 1 atom stereocenters. The van der Waals surface area contributed by atoms with Crippen LogP contribution in [-0.2, 0) is 6.42 Å². The molecule has 3 aromatic rings. The summed E-state index contributed by atoms with van der Waals surface area (Å²) in [5, 5.41) is 7.76. The van der Waals surface area contributed by atoms with Gasteiger partial charge in [-0.3, -0.25) is 4.98 Å². The Hall–Kier alpha value is -2.20. The molecule has 3 aromatic heterocycles. The molecule has 1 N–H and O–H groups in total. The molecule has 0 aliphatic heterocycles. The van der Waals surface area contributed by atoms with E-state index in [0.717, 1.165) is 11.9 Å². The van der Waals surface area contributed by atoms with Gasteiger partial charge < -0.3 is 5.32 Å². The lowest BCUT2D eigenvalue weighted by molar-refractivity contribution is 0.595. The highest BCUT2D eigenvalue weighted by molar-refractivity contribution is 5.55. The van der Waals surface area contributed by atoms with Crippen LogP contribution in [0.25, 0.3) is 5.52 Å². The minimum Gasteiger partial charge on any atom is -0.313 e. The number of nitrogens with one attached hydrogen (secondary N) is 1. The van der Waals surface area contributed by atoms with Gasteiger partial charge in [-0.2, -0.15) is 5.10 Å². The molecule has 0 amide bonds. The van der Waals surface area contributed by atoms with Gasteiger partial charge in [0.05, 0.1) is 11.7 Å². The molecule has 0 radical (unpaired) electrons. The van der Waals surface area contributed by atoms with Gasteiger partial charge in [-0.25, -0.2) is 4.52 Å². The van der Waals surface area contributed by atoms with Crippen LogP contribution in [0.3, 0.4) is 0 Å². The van der Waals surface area contributed by atoms with E-state index in [1.807, 2.05) is 48.5 Å². The van der Waals surface area contributed by atoms with Gasteiger partial charge in [0.15, 0.2) is 0 Å². The summed E-state index contributed by atoms with van der Waals surface area (Å²) in [5.41, 5.74) is 3.64. The number of hydrogen-bond donors (Lipinski definition) is 1. The van der Waals surface area contributed by atoms with Crippen molar-refractivity contribution in [3.8, 4) is 0 Å². The second-order valence-electron chi connectivity index (χ2n) is 4.53. The predicted molar refractivity (Wildman–Crippen MR) is 74.9 cm³/mol. The highest BCUT2D eigenvalue weighted by Gasteiger charge is 2.14. The topological polar surface area (TPSA) is 42.2 Å². The quantitative estimate of drug-likeness (QED) is 0.774. The molecule has 0 saturated carbocycles. The van der Waals surface area contributed by atoms with E-state index < -0.39 is 0 Å². The Morgan fingerprint density at radius 1 is 1.21 bits per heavy atom. The van der Waals surface area contributed by atoms with Crippen molar-refractivity contribution in [1.29, 1.82) is 0 Å². The van der Waals surface area contributed by atoms with E-state index in [4.69, 9.17) is 0 Å². The maximum absolute atomic E-state index is 4.39. The van der Waals surface area contributed by atoms with Crippen LogP contribution in [0.4, 0.5) is 0 Å². The molecule has 4 nitrogen and oxygen atoms in total. The van der Waals surface area contributed by atoms with Gasteiger partial charge in [0, 0.05) is 30.2 Å². The number of hydrogen-bond acceptors (Lipinski definition) is 3. The number of fused-ring (bicyclic) bond motifs is 1. The van der Waals surface area contributed by atoms with Crippen molar-refractivity contribution in [2.75, 3.05) is 7.05 Å². The normalized spacial score (nSPS) is 12.7. The first-order valence-corrected chi connectivity index (χ1v) is 6.37. The zero-order chi connectivity index (χ0) is 13.1. The number of aromatic nitrogens is 3. The van der Waals surface area contributed by atoms with E-state index >= 15 is 0 Å². The highest BCUT2D eigenvalue weighted by Crippen LogP contribution is 2.22. The SMILES string of the molecule is CNC(Cc1ccncc1)c1cnn2ccccc12. The van der Waals surface area contributed by atoms with Crippen molar-refractivity contribution >= 4 is 5.52 Å². The average Bonchev–Trinajstić information content (AvgIpc) is 2.90. The lowest BCUT2D eigenvalue weighted by atomic mass is 10.0. The summed E-state index contributed by atoms with van der Waals surface area (Å²) < 4.78 is 1.91. The van der Waals surface area contributed by atoms with E-state index in [1.54, 1.807) is 0 Å². The molecule has 0 aliphatic rings. The second-order valence-corrected chi connectivity index (χ2v) is 4.53. The Morgan fingerprint density at radius 2 is 2.05 bits per heavy atom. The molecule has 0 saturated heterocycles. The van der Waals surface area contributed by atoms with E-state index in [-0.39, 0.29) is 6.04 Å². The molecule has 19 heavy (non-hydrogen) atoms. The zero-order valence-electron chi connectivity index (χ0n) is 10.8. The average molecular weight is 252 g/mol. The van der Waals surface area contributed by atoms with Crippen LogP contribution in [0.1, 0.15) is 17.2 Å². The molecule has 3 rings (SSSR count). The van der Waals surface area contributed by atoms with Gasteiger partial charge in [-0.1, -0.05) is 6.07 Å². The maximum Gasteiger partial charge on any atom is 0.0709 e. The smallest absolute Gasteiger partial charge is 0.0709 e.